The van der Waals surface area contributed by atoms with E-state index in [0.29, 0.717) is 18.4 Å². The summed E-state index contributed by atoms with van der Waals surface area (Å²) in [5.41, 5.74) is 5.84. The van der Waals surface area contributed by atoms with Crippen molar-refractivity contribution in [3.05, 3.63) is 29.6 Å². The van der Waals surface area contributed by atoms with Crippen LogP contribution in [0.2, 0.25) is 0 Å². The third kappa shape index (κ3) is 5.68. The standard InChI is InChI=1S/C27H38FN3O4/c1-16(29)17-7-9-19(10-8-17)26(33)31-14-13-21(18-5-3-2-4-6-18)24(31)25(32)30-20-11-12-22(27(34)35)23(28)15-20/h11-12,15-19,21,24H,2-10,13-14,29H2,1H3,(H,30,32)(H,34,35)/t16?,17-,19-,21?,24-/m0/s1. The minimum Gasteiger partial charge on any atom is -0.478 e. The van der Waals surface area contributed by atoms with Crippen molar-refractivity contribution in [1.29, 1.82) is 0 Å². The van der Waals surface area contributed by atoms with Crippen LogP contribution in [-0.4, -0.2) is 46.4 Å². The number of rotatable bonds is 6. The molecule has 1 aromatic rings. The fraction of sp³-hybridized carbons (Fsp3) is 0.667. The van der Waals surface area contributed by atoms with Crippen LogP contribution in [0.1, 0.15) is 81.5 Å². The van der Waals surface area contributed by atoms with Crippen molar-refractivity contribution in [3.8, 4) is 0 Å². The smallest absolute Gasteiger partial charge is 0.338 e. The van der Waals surface area contributed by atoms with Crippen LogP contribution in [0.4, 0.5) is 10.1 Å². The number of aromatic carboxylic acids is 1. The van der Waals surface area contributed by atoms with E-state index >= 15 is 0 Å². The highest BCUT2D eigenvalue weighted by molar-refractivity contribution is 5.98. The molecule has 1 heterocycles. The highest BCUT2D eigenvalue weighted by Gasteiger charge is 2.46. The Hall–Kier alpha value is -2.48. The van der Waals surface area contributed by atoms with Gasteiger partial charge in [-0.2, -0.15) is 0 Å². The van der Waals surface area contributed by atoms with Crippen molar-refractivity contribution in [2.45, 2.75) is 83.2 Å². The molecular formula is C27H38FN3O4. The van der Waals surface area contributed by atoms with Gasteiger partial charge in [0.1, 0.15) is 11.9 Å². The van der Waals surface area contributed by atoms with E-state index in [-0.39, 0.29) is 35.4 Å². The molecule has 0 spiro atoms. The van der Waals surface area contributed by atoms with Gasteiger partial charge >= 0.3 is 5.97 Å². The fourth-order valence-corrected chi connectivity index (χ4v) is 6.56. The second-order valence-electron chi connectivity index (χ2n) is 10.8. The number of nitrogens with two attached hydrogens (primary N) is 1. The molecule has 1 aliphatic heterocycles. The number of likely N-dealkylation sites (tertiary alicyclic amines) is 1. The van der Waals surface area contributed by atoms with Crippen LogP contribution in [0.5, 0.6) is 0 Å². The molecule has 8 heteroatoms. The van der Waals surface area contributed by atoms with E-state index < -0.39 is 23.4 Å². The Balaban J connectivity index is 1.52. The van der Waals surface area contributed by atoms with E-state index in [9.17, 15) is 18.8 Å². The van der Waals surface area contributed by atoms with Gasteiger partial charge in [0.05, 0.1) is 5.56 Å². The van der Waals surface area contributed by atoms with Crippen molar-refractivity contribution < 1.29 is 23.9 Å². The van der Waals surface area contributed by atoms with Gasteiger partial charge < -0.3 is 21.1 Å². The van der Waals surface area contributed by atoms with E-state index in [1.54, 1.807) is 4.90 Å². The second-order valence-corrected chi connectivity index (χ2v) is 10.8. The lowest BCUT2D eigenvalue weighted by Crippen LogP contribution is -2.50. The molecule has 0 radical (unpaired) electrons. The van der Waals surface area contributed by atoms with Crippen LogP contribution < -0.4 is 11.1 Å². The molecule has 2 aliphatic carbocycles. The second kappa shape index (κ2) is 11.1. The average molecular weight is 488 g/mol. The normalized spacial score (nSPS) is 28.5. The first kappa shape index (κ1) is 25.6. The van der Waals surface area contributed by atoms with Gasteiger partial charge in [-0.05, 0) is 75.0 Å². The molecule has 35 heavy (non-hydrogen) atoms. The Bertz CT molecular complexity index is 938. The van der Waals surface area contributed by atoms with E-state index in [2.05, 4.69) is 5.32 Å². The first-order chi connectivity index (χ1) is 16.8. The molecule has 0 bridgehead atoms. The van der Waals surface area contributed by atoms with E-state index in [4.69, 9.17) is 10.8 Å². The summed E-state index contributed by atoms with van der Waals surface area (Å²) in [4.78, 5) is 40.1. The number of carboxylic acid groups (broad SMARTS) is 1. The predicted octanol–water partition coefficient (Wildman–Crippen LogP) is 4.41. The molecule has 7 nitrogen and oxygen atoms in total. The summed E-state index contributed by atoms with van der Waals surface area (Å²) in [5.74, 6) is -1.67. The zero-order valence-electron chi connectivity index (χ0n) is 20.5. The largest absolute Gasteiger partial charge is 0.478 e. The van der Waals surface area contributed by atoms with Gasteiger partial charge in [0.2, 0.25) is 11.8 Å². The van der Waals surface area contributed by atoms with Gasteiger partial charge in [0, 0.05) is 24.2 Å². The maximum atomic E-state index is 14.2. The van der Waals surface area contributed by atoms with Crippen molar-refractivity contribution in [2.24, 2.45) is 29.4 Å². The Morgan fingerprint density at radius 2 is 1.74 bits per heavy atom. The lowest BCUT2D eigenvalue weighted by atomic mass is 9.76. The highest BCUT2D eigenvalue weighted by atomic mass is 19.1. The Labute approximate surface area is 206 Å². The van der Waals surface area contributed by atoms with Gasteiger partial charge in [-0.25, -0.2) is 9.18 Å². The molecule has 1 saturated heterocycles. The van der Waals surface area contributed by atoms with Crippen LogP contribution in [0.25, 0.3) is 0 Å². The molecule has 3 aliphatic rings. The summed E-state index contributed by atoms with van der Waals surface area (Å²) in [5, 5.41) is 11.9. The van der Waals surface area contributed by atoms with Gasteiger partial charge in [-0.3, -0.25) is 9.59 Å². The fourth-order valence-electron chi connectivity index (χ4n) is 6.56. The monoisotopic (exact) mass is 487 g/mol. The van der Waals surface area contributed by atoms with Crippen LogP contribution >= 0.6 is 0 Å². The average Bonchev–Trinajstić information content (AvgIpc) is 3.29. The maximum Gasteiger partial charge on any atom is 0.338 e. The number of anilines is 1. The summed E-state index contributed by atoms with van der Waals surface area (Å²) in [6.07, 6.45) is 9.89. The Morgan fingerprint density at radius 1 is 1.06 bits per heavy atom. The summed E-state index contributed by atoms with van der Waals surface area (Å²) in [7, 11) is 0. The number of hydrogen-bond acceptors (Lipinski definition) is 4. The summed E-state index contributed by atoms with van der Waals surface area (Å²) in [6, 6.07) is 3.13. The molecule has 4 rings (SSSR count). The highest BCUT2D eigenvalue weighted by Crippen LogP contribution is 2.41. The zero-order chi connectivity index (χ0) is 25.1. The van der Waals surface area contributed by atoms with Gasteiger partial charge in [-0.15, -0.1) is 0 Å². The molecule has 2 unspecified atom stereocenters. The topological polar surface area (TPSA) is 113 Å². The third-order valence-electron chi connectivity index (χ3n) is 8.58. The van der Waals surface area contributed by atoms with Crippen LogP contribution in [0, 0.1) is 29.5 Å². The van der Waals surface area contributed by atoms with E-state index in [1.165, 1.54) is 12.5 Å². The van der Waals surface area contributed by atoms with Gasteiger partial charge in [-0.1, -0.05) is 32.1 Å². The maximum absolute atomic E-state index is 14.2. The number of nitrogens with zero attached hydrogens (tertiary/aromatic N) is 1. The minimum absolute atomic E-state index is 0.0546. The zero-order valence-corrected chi connectivity index (χ0v) is 20.5. The summed E-state index contributed by atoms with van der Waals surface area (Å²) < 4.78 is 14.2. The van der Waals surface area contributed by atoms with Crippen LogP contribution in [-0.2, 0) is 9.59 Å². The van der Waals surface area contributed by atoms with Crippen molar-refractivity contribution >= 4 is 23.5 Å². The number of carboxylic acids is 1. The first-order valence-electron chi connectivity index (χ1n) is 13.2. The first-order valence-corrected chi connectivity index (χ1v) is 13.2. The lowest BCUT2D eigenvalue weighted by molar-refractivity contribution is -0.142. The van der Waals surface area contributed by atoms with Crippen molar-refractivity contribution in [3.63, 3.8) is 0 Å². The van der Waals surface area contributed by atoms with E-state index in [0.717, 1.165) is 69.9 Å². The molecule has 2 amide bonds. The van der Waals surface area contributed by atoms with Crippen molar-refractivity contribution in [2.75, 3.05) is 11.9 Å². The Morgan fingerprint density at radius 3 is 2.34 bits per heavy atom. The molecule has 2 saturated carbocycles. The number of nitrogens with one attached hydrogen (secondary N) is 1. The molecule has 192 valence electrons. The number of carbonyl (C=O) groups excluding carboxylic acids is 2. The van der Waals surface area contributed by atoms with E-state index in [1.807, 2.05) is 6.92 Å². The van der Waals surface area contributed by atoms with Crippen LogP contribution in [0.15, 0.2) is 18.2 Å². The number of benzene rings is 1. The third-order valence-corrected chi connectivity index (χ3v) is 8.58. The molecule has 3 atom stereocenters. The number of carbonyl (C=O) groups is 3. The number of hydrogen-bond donors (Lipinski definition) is 3. The minimum atomic E-state index is -1.36. The quantitative estimate of drug-likeness (QED) is 0.550. The van der Waals surface area contributed by atoms with Gasteiger partial charge in [0.15, 0.2) is 0 Å². The Kier molecular flexibility index (Phi) is 8.09. The summed E-state index contributed by atoms with van der Waals surface area (Å²) >= 11 is 0. The number of halogens is 1. The van der Waals surface area contributed by atoms with Crippen molar-refractivity contribution in [1.82, 2.24) is 4.90 Å². The molecule has 4 N–H and O–H groups in total. The lowest BCUT2D eigenvalue weighted by Gasteiger charge is -2.36. The molecular weight excluding hydrogens is 449 g/mol. The molecule has 0 aromatic heterocycles. The molecule has 1 aromatic carbocycles. The van der Waals surface area contributed by atoms with Gasteiger partial charge in [0.25, 0.3) is 0 Å². The molecule has 3 fully saturated rings. The SMILES string of the molecule is CC(N)[C@H]1CC[C@H](C(=O)N2CCC(C3CCCCC3)[C@H]2C(=O)Nc2ccc(C(=O)O)c(F)c2)CC1. The predicted molar refractivity (Wildman–Crippen MR) is 131 cm³/mol. The van der Waals surface area contributed by atoms with Crippen LogP contribution in [0.3, 0.4) is 0 Å². The number of amides is 2. The summed E-state index contributed by atoms with van der Waals surface area (Å²) in [6.45, 7) is 2.59.